The van der Waals surface area contributed by atoms with Crippen LogP contribution in [0, 0.1) is 17.8 Å². The zero-order valence-electron chi connectivity index (χ0n) is 67.3. The van der Waals surface area contributed by atoms with Crippen molar-refractivity contribution in [2.24, 2.45) is 17.8 Å². The molecule has 0 heterocycles. The average Bonchev–Trinajstić information content (AvgIpc) is 0.913. The van der Waals surface area contributed by atoms with Crippen molar-refractivity contribution in [1.29, 1.82) is 0 Å². The zero-order chi connectivity index (χ0) is 75.8. The van der Waals surface area contributed by atoms with Crippen LogP contribution in [0.3, 0.4) is 0 Å². The van der Waals surface area contributed by atoms with E-state index in [-0.39, 0.29) is 25.7 Å². The van der Waals surface area contributed by atoms with Crippen molar-refractivity contribution in [2.75, 3.05) is 39.6 Å². The number of rotatable bonds is 80. The fourth-order valence-corrected chi connectivity index (χ4v) is 14.0. The Hall–Kier alpha value is -2.46. The summed E-state index contributed by atoms with van der Waals surface area (Å²) in [6.07, 6.45) is 65.8. The number of carbonyl (C=O) groups excluding carboxylic acids is 4. The SMILES string of the molecule is CCCCCC/C=C\C=C/CCCCCCCC(=O)O[C@H](COC(=O)CCCCCCCCCCCC(C)C)COP(=O)(O)OC[C@H](O)COP(=O)(O)OC[C@@H](COC(=O)CCCCCCCCCCCCCCCCC(C)CC)OC(=O)CCCCCCCCCCCCCCCCC(C)CC. The fourth-order valence-electron chi connectivity index (χ4n) is 12.4. The van der Waals surface area contributed by atoms with Crippen LogP contribution in [0.15, 0.2) is 24.3 Å². The van der Waals surface area contributed by atoms with Gasteiger partial charge in [-0.05, 0) is 69.1 Å². The monoisotopic (exact) mass is 1500 g/mol. The molecule has 19 heteroatoms. The molecule has 0 aromatic rings. The highest BCUT2D eigenvalue weighted by atomic mass is 31.2. The summed E-state index contributed by atoms with van der Waals surface area (Å²) >= 11 is 0. The van der Waals surface area contributed by atoms with Crippen LogP contribution in [-0.4, -0.2) is 96.7 Å². The summed E-state index contributed by atoms with van der Waals surface area (Å²) in [4.78, 5) is 73.2. The van der Waals surface area contributed by atoms with Crippen molar-refractivity contribution < 1.29 is 80.2 Å². The first-order valence-corrected chi connectivity index (χ1v) is 45.7. The van der Waals surface area contributed by atoms with Gasteiger partial charge in [0.2, 0.25) is 0 Å². The molecule has 0 saturated heterocycles. The number of phosphoric acid groups is 2. The minimum atomic E-state index is -4.97. The molecule has 4 unspecified atom stereocenters. The number of esters is 4. The van der Waals surface area contributed by atoms with Gasteiger partial charge >= 0.3 is 39.5 Å². The summed E-state index contributed by atoms with van der Waals surface area (Å²) in [5.41, 5.74) is 0. The van der Waals surface area contributed by atoms with E-state index in [9.17, 15) is 43.2 Å². The van der Waals surface area contributed by atoms with Crippen molar-refractivity contribution in [3.05, 3.63) is 24.3 Å². The molecule has 0 aliphatic heterocycles. The minimum Gasteiger partial charge on any atom is -0.462 e. The van der Waals surface area contributed by atoms with Gasteiger partial charge in [0.05, 0.1) is 26.4 Å². The number of phosphoric ester groups is 2. The number of hydrogen-bond donors (Lipinski definition) is 3. The molecule has 17 nitrogen and oxygen atoms in total. The summed E-state index contributed by atoms with van der Waals surface area (Å²) in [5, 5.41) is 10.7. The second-order valence-electron chi connectivity index (χ2n) is 30.5. The Bertz CT molecular complexity index is 2090. The molecule has 3 N–H and O–H groups in total. The van der Waals surface area contributed by atoms with Gasteiger partial charge in [-0.3, -0.25) is 37.3 Å². The molecule has 0 aliphatic rings. The molecule has 0 aromatic heterocycles. The van der Waals surface area contributed by atoms with E-state index in [0.29, 0.717) is 25.7 Å². The molecule has 0 amide bonds. The highest BCUT2D eigenvalue weighted by Gasteiger charge is 2.30. The van der Waals surface area contributed by atoms with Crippen LogP contribution in [0.4, 0.5) is 0 Å². The lowest BCUT2D eigenvalue weighted by Crippen LogP contribution is -2.30. The maximum atomic E-state index is 13.1. The molecule has 7 atom stereocenters. The van der Waals surface area contributed by atoms with Crippen LogP contribution >= 0.6 is 15.6 Å². The van der Waals surface area contributed by atoms with Crippen molar-refractivity contribution in [3.8, 4) is 0 Å². The van der Waals surface area contributed by atoms with Gasteiger partial charge in [-0.2, -0.15) is 0 Å². The van der Waals surface area contributed by atoms with Gasteiger partial charge < -0.3 is 33.8 Å². The molecule has 608 valence electrons. The Morgan fingerprint density at radius 1 is 0.320 bits per heavy atom. The molecular weight excluding hydrogens is 1340 g/mol. The summed E-state index contributed by atoms with van der Waals surface area (Å²) in [7, 11) is -9.94. The van der Waals surface area contributed by atoms with Crippen molar-refractivity contribution in [1.82, 2.24) is 0 Å². The van der Waals surface area contributed by atoms with Crippen LogP contribution in [-0.2, 0) is 65.4 Å². The van der Waals surface area contributed by atoms with Crippen LogP contribution in [0.25, 0.3) is 0 Å². The third kappa shape index (κ3) is 74.8. The largest absolute Gasteiger partial charge is 0.472 e. The van der Waals surface area contributed by atoms with Crippen LogP contribution in [0.1, 0.15) is 414 Å². The highest BCUT2D eigenvalue weighted by molar-refractivity contribution is 7.47. The number of allylic oxidation sites excluding steroid dienone is 4. The lowest BCUT2D eigenvalue weighted by Gasteiger charge is -2.21. The van der Waals surface area contributed by atoms with Gasteiger partial charge in [0.15, 0.2) is 12.2 Å². The molecule has 103 heavy (non-hydrogen) atoms. The molecule has 0 rings (SSSR count). The number of carbonyl (C=O) groups is 4. The molecule has 0 spiro atoms. The second kappa shape index (κ2) is 73.7. The number of aliphatic hydroxyl groups is 1. The first-order valence-electron chi connectivity index (χ1n) is 42.7. The summed E-state index contributed by atoms with van der Waals surface area (Å²) in [5.74, 6) is 0.297. The predicted octanol–water partition coefficient (Wildman–Crippen LogP) is 24.9. The molecule has 0 fully saturated rings. The second-order valence-corrected chi connectivity index (χ2v) is 33.4. The quantitative estimate of drug-likeness (QED) is 0.0169. The van der Waals surface area contributed by atoms with E-state index in [2.05, 4.69) is 72.8 Å². The molecule has 0 saturated carbocycles. The third-order valence-electron chi connectivity index (χ3n) is 19.7. The number of aliphatic hydroxyl groups excluding tert-OH is 1. The van der Waals surface area contributed by atoms with Gasteiger partial charge in [0.1, 0.15) is 19.3 Å². The van der Waals surface area contributed by atoms with Gasteiger partial charge in [0, 0.05) is 25.7 Å². The number of unbranched alkanes of at least 4 members (excludes halogenated alkanes) is 43. The summed E-state index contributed by atoms with van der Waals surface area (Å²) < 4.78 is 68.8. The fraction of sp³-hybridized carbons (Fsp3) is 0.905. The van der Waals surface area contributed by atoms with Gasteiger partial charge in [-0.15, -0.1) is 0 Å². The van der Waals surface area contributed by atoms with Gasteiger partial charge in [-0.1, -0.05) is 362 Å². The Balaban J connectivity index is 5.30. The molecular formula is C84H160O17P2. The van der Waals surface area contributed by atoms with E-state index in [4.69, 9.17) is 37.0 Å². The first-order chi connectivity index (χ1) is 49.8. The van der Waals surface area contributed by atoms with E-state index in [1.807, 2.05) is 0 Å². The van der Waals surface area contributed by atoms with Gasteiger partial charge in [-0.25, -0.2) is 9.13 Å². The maximum Gasteiger partial charge on any atom is 0.472 e. The molecule has 0 bridgehead atoms. The lowest BCUT2D eigenvalue weighted by atomic mass is 9.99. The van der Waals surface area contributed by atoms with Gasteiger partial charge in [0.25, 0.3) is 0 Å². The van der Waals surface area contributed by atoms with E-state index in [0.717, 1.165) is 120 Å². The van der Waals surface area contributed by atoms with E-state index in [1.165, 1.54) is 212 Å². The number of ether oxygens (including phenoxy) is 4. The topological polar surface area (TPSA) is 237 Å². The molecule has 0 radical (unpaired) electrons. The summed E-state index contributed by atoms with van der Waals surface area (Å²) in [6, 6.07) is 0. The Labute approximate surface area is 631 Å². The van der Waals surface area contributed by atoms with Crippen molar-refractivity contribution in [2.45, 2.75) is 433 Å². The zero-order valence-corrected chi connectivity index (χ0v) is 69.1. The lowest BCUT2D eigenvalue weighted by molar-refractivity contribution is -0.161. The Kier molecular flexibility index (Phi) is 71.9. The summed E-state index contributed by atoms with van der Waals surface area (Å²) in [6.45, 7) is 12.0. The van der Waals surface area contributed by atoms with Crippen molar-refractivity contribution in [3.63, 3.8) is 0 Å². The van der Waals surface area contributed by atoms with Crippen LogP contribution in [0.5, 0.6) is 0 Å². The first kappa shape index (κ1) is 101. The Morgan fingerprint density at radius 3 is 0.864 bits per heavy atom. The predicted molar refractivity (Wildman–Crippen MR) is 423 cm³/mol. The molecule has 0 aliphatic carbocycles. The minimum absolute atomic E-state index is 0.0846. The normalized spacial score (nSPS) is 14.6. The van der Waals surface area contributed by atoms with Crippen molar-refractivity contribution >= 4 is 39.5 Å². The standard InChI is InChI=1S/C84H160O17P2/c1-8-11-12-13-14-15-16-17-18-26-31-38-46-53-60-67-83(88)101-80(72-95-82(87)66-59-52-45-40-33-34-41-48-55-62-75(4)5)74-99-103(92,93)97-70-78(85)69-96-102(90,91)98-73-79(100-84(89)68-61-54-47-39-32-27-22-20-24-29-36-43-50-57-64-77(7)10-3)71-94-81(86)65-58-51-44-37-30-25-21-19-23-28-35-42-49-56-63-76(6)9-2/h15-18,75-80,85H,8-14,19-74H2,1-7H3,(H,90,91)(H,92,93)/b16-15-,18-17-/t76?,77?,78-,79-,80-/m1/s1. The average molecular weight is 1500 g/mol. The van der Waals surface area contributed by atoms with Crippen LogP contribution < -0.4 is 0 Å². The van der Waals surface area contributed by atoms with Crippen LogP contribution in [0.2, 0.25) is 0 Å². The third-order valence-corrected chi connectivity index (χ3v) is 21.6. The number of hydrogen-bond acceptors (Lipinski definition) is 15. The smallest absolute Gasteiger partial charge is 0.462 e. The molecule has 0 aromatic carbocycles. The van der Waals surface area contributed by atoms with E-state index in [1.54, 1.807) is 0 Å². The van der Waals surface area contributed by atoms with E-state index < -0.39 is 97.5 Å². The highest BCUT2D eigenvalue weighted by Crippen LogP contribution is 2.45. The van der Waals surface area contributed by atoms with E-state index >= 15 is 0 Å². The maximum absolute atomic E-state index is 13.1. The Morgan fingerprint density at radius 2 is 0.573 bits per heavy atom.